The van der Waals surface area contributed by atoms with Gasteiger partial charge in [-0.1, -0.05) is 0 Å². The lowest BCUT2D eigenvalue weighted by Gasteiger charge is -2.10. The summed E-state index contributed by atoms with van der Waals surface area (Å²) in [4.78, 5) is 12.5. The zero-order valence-corrected chi connectivity index (χ0v) is 8.14. The van der Waals surface area contributed by atoms with Gasteiger partial charge in [0.05, 0.1) is 5.70 Å². The number of hydrogen-bond acceptors (Lipinski definition) is 5. The molecule has 74 valence electrons. The van der Waals surface area contributed by atoms with Gasteiger partial charge < -0.3 is 4.90 Å². The van der Waals surface area contributed by atoms with Crippen molar-refractivity contribution in [3.05, 3.63) is 22.4 Å². The van der Waals surface area contributed by atoms with Crippen LogP contribution in [0.5, 0.6) is 0 Å². The average Bonchev–Trinajstić information content (AvgIpc) is 2.54. The van der Waals surface area contributed by atoms with Crippen molar-refractivity contribution < 1.29 is 4.79 Å². The molecule has 0 aromatic rings. The first-order chi connectivity index (χ1) is 7.62. The predicted octanol–water partition coefficient (Wildman–Crippen LogP) is 0.103. The highest BCUT2D eigenvalue weighted by atomic mass is 16.2. The highest BCUT2D eigenvalue weighted by Gasteiger charge is 2.35. The van der Waals surface area contributed by atoms with Gasteiger partial charge in [0, 0.05) is 7.05 Å². The quantitative estimate of drug-likeness (QED) is 0.524. The SMILES string of the molecule is CN1C(=O)C(C#N)=C(C#N)C1=C(C#N)C#N. The van der Waals surface area contributed by atoms with E-state index >= 15 is 0 Å². The fourth-order valence-corrected chi connectivity index (χ4v) is 1.30. The van der Waals surface area contributed by atoms with Gasteiger partial charge in [-0.25, -0.2) is 0 Å². The standard InChI is InChI=1S/C10H3N5O/c1-15-9(6(2-11)3-12)7(4-13)8(5-14)10(15)16/h1H3. The van der Waals surface area contributed by atoms with Gasteiger partial charge in [0.1, 0.15) is 35.4 Å². The smallest absolute Gasteiger partial charge is 0.270 e. The topological polar surface area (TPSA) is 115 Å². The Bertz CT molecular complexity index is 581. The van der Waals surface area contributed by atoms with Gasteiger partial charge in [-0.05, 0) is 0 Å². The van der Waals surface area contributed by atoms with Crippen molar-refractivity contribution in [3.8, 4) is 24.3 Å². The van der Waals surface area contributed by atoms with E-state index < -0.39 is 5.91 Å². The molecule has 1 heterocycles. The van der Waals surface area contributed by atoms with Gasteiger partial charge in [-0.3, -0.25) is 4.79 Å². The van der Waals surface area contributed by atoms with Crippen molar-refractivity contribution in [3.63, 3.8) is 0 Å². The Hall–Kier alpha value is -3.09. The van der Waals surface area contributed by atoms with Crippen LogP contribution in [-0.2, 0) is 4.79 Å². The number of nitrogens with zero attached hydrogens (tertiary/aromatic N) is 5. The Balaban J connectivity index is 3.67. The number of nitriles is 4. The van der Waals surface area contributed by atoms with E-state index in [0.717, 1.165) is 4.90 Å². The van der Waals surface area contributed by atoms with Crippen LogP contribution in [0.3, 0.4) is 0 Å². The van der Waals surface area contributed by atoms with E-state index in [-0.39, 0.29) is 22.4 Å². The van der Waals surface area contributed by atoms with Crippen molar-refractivity contribution in [2.24, 2.45) is 0 Å². The first-order valence-corrected chi connectivity index (χ1v) is 3.99. The predicted molar refractivity (Wildman–Crippen MR) is 49.3 cm³/mol. The van der Waals surface area contributed by atoms with Gasteiger partial charge in [-0.15, -0.1) is 0 Å². The van der Waals surface area contributed by atoms with Crippen LogP contribution in [0, 0.1) is 45.3 Å². The summed E-state index contributed by atoms with van der Waals surface area (Å²) in [7, 11) is 1.30. The molecule has 1 aliphatic heterocycles. The van der Waals surface area contributed by atoms with Crippen molar-refractivity contribution in [2.45, 2.75) is 0 Å². The molecule has 1 rings (SSSR count). The number of likely N-dealkylation sites (N-methyl/N-ethyl adjacent to an activating group) is 1. The molecular formula is C10H3N5O. The number of carbonyl (C=O) groups is 1. The van der Waals surface area contributed by atoms with Crippen LogP contribution in [0.2, 0.25) is 0 Å². The number of hydrogen-bond donors (Lipinski definition) is 0. The highest BCUT2D eigenvalue weighted by molar-refractivity contribution is 6.05. The second-order valence-electron chi connectivity index (χ2n) is 2.78. The Morgan fingerprint density at radius 1 is 1.06 bits per heavy atom. The Labute approximate surface area is 91.1 Å². The Kier molecular flexibility index (Phi) is 2.72. The molecule has 0 N–H and O–H groups in total. The number of carbonyl (C=O) groups excluding carboxylic acids is 1. The van der Waals surface area contributed by atoms with E-state index in [4.69, 9.17) is 21.0 Å². The maximum absolute atomic E-state index is 11.5. The molecule has 0 unspecified atom stereocenters. The van der Waals surface area contributed by atoms with E-state index in [1.165, 1.54) is 7.05 Å². The summed E-state index contributed by atoms with van der Waals surface area (Å²) >= 11 is 0. The Morgan fingerprint density at radius 3 is 1.94 bits per heavy atom. The lowest BCUT2D eigenvalue weighted by Crippen LogP contribution is -2.21. The molecule has 0 saturated carbocycles. The van der Waals surface area contributed by atoms with Crippen LogP contribution in [0.1, 0.15) is 0 Å². The lowest BCUT2D eigenvalue weighted by molar-refractivity contribution is -0.122. The van der Waals surface area contributed by atoms with Crippen LogP contribution >= 0.6 is 0 Å². The summed E-state index contributed by atoms with van der Waals surface area (Å²) in [6.45, 7) is 0. The molecule has 0 aliphatic carbocycles. The molecule has 1 aliphatic rings. The van der Waals surface area contributed by atoms with Crippen LogP contribution in [0.4, 0.5) is 0 Å². The zero-order valence-electron chi connectivity index (χ0n) is 8.14. The van der Waals surface area contributed by atoms with Crippen molar-refractivity contribution in [1.82, 2.24) is 4.90 Å². The second kappa shape index (κ2) is 3.96. The molecule has 0 aromatic carbocycles. The minimum atomic E-state index is -0.683. The molecule has 16 heavy (non-hydrogen) atoms. The summed E-state index contributed by atoms with van der Waals surface area (Å²) < 4.78 is 0. The fourth-order valence-electron chi connectivity index (χ4n) is 1.30. The maximum atomic E-state index is 11.5. The maximum Gasteiger partial charge on any atom is 0.270 e. The van der Waals surface area contributed by atoms with E-state index in [0.29, 0.717) is 0 Å². The van der Waals surface area contributed by atoms with Gasteiger partial charge in [0.25, 0.3) is 5.91 Å². The molecule has 0 bridgehead atoms. The van der Waals surface area contributed by atoms with Crippen LogP contribution in [0.15, 0.2) is 22.4 Å². The lowest BCUT2D eigenvalue weighted by atomic mass is 10.1. The first-order valence-electron chi connectivity index (χ1n) is 3.99. The molecule has 0 fully saturated rings. The van der Waals surface area contributed by atoms with Crippen molar-refractivity contribution >= 4 is 5.91 Å². The molecule has 6 nitrogen and oxygen atoms in total. The average molecular weight is 209 g/mol. The monoisotopic (exact) mass is 209 g/mol. The number of allylic oxidation sites excluding steroid dienone is 2. The second-order valence-corrected chi connectivity index (χ2v) is 2.78. The van der Waals surface area contributed by atoms with Gasteiger partial charge in [-0.2, -0.15) is 21.0 Å². The third kappa shape index (κ3) is 1.28. The van der Waals surface area contributed by atoms with Crippen LogP contribution in [0.25, 0.3) is 0 Å². The van der Waals surface area contributed by atoms with E-state index in [1.807, 2.05) is 0 Å². The van der Waals surface area contributed by atoms with Gasteiger partial charge in [0.15, 0.2) is 5.57 Å². The summed E-state index contributed by atoms with van der Waals surface area (Å²) in [5.74, 6) is -0.683. The van der Waals surface area contributed by atoms with Crippen molar-refractivity contribution in [1.29, 1.82) is 21.0 Å². The largest absolute Gasteiger partial charge is 0.308 e. The van der Waals surface area contributed by atoms with Crippen molar-refractivity contribution in [2.75, 3.05) is 7.05 Å². The number of rotatable bonds is 0. The highest BCUT2D eigenvalue weighted by Crippen LogP contribution is 2.29. The summed E-state index contributed by atoms with van der Waals surface area (Å²) in [5, 5.41) is 34.9. The molecular weight excluding hydrogens is 206 g/mol. The van der Waals surface area contributed by atoms with Crippen LogP contribution < -0.4 is 0 Å². The van der Waals surface area contributed by atoms with Gasteiger partial charge in [0.2, 0.25) is 0 Å². The van der Waals surface area contributed by atoms with E-state index in [9.17, 15) is 4.79 Å². The van der Waals surface area contributed by atoms with Crippen LogP contribution in [-0.4, -0.2) is 17.9 Å². The molecule has 1 amide bonds. The third-order valence-electron chi connectivity index (χ3n) is 2.02. The summed E-state index contributed by atoms with van der Waals surface area (Å²) in [6.07, 6.45) is 0. The molecule has 0 saturated heterocycles. The number of amides is 1. The van der Waals surface area contributed by atoms with E-state index in [1.54, 1.807) is 24.3 Å². The first kappa shape index (κ1) is 11.0. The molecule has 6 heteroatoms. The Morgan fingerprint density at radius 2 is 1.56 bits per heavy atom. The van der Waals surface area contributed by atoms with E-state index in [2.05, 4.69) is 0 Å². The molecule has 0 radical (unpaired) electrons. The normalized spacial score (nSPS) is 13.9. The molecule has 0 atom stereocenters. The summed E-state index contributed by atoms with van der Waals surface area (Å²) in [6, 6.07) is 6.42. The van der Waals surface area contributed by atoms with Gasteiger partial charge >= 0.3 is 0 Å². The summed E-state index contributed by atoms with van der Waals surface area (Å²) in [5.41, 5.74) is -1.04. The fraction of sp³-hybridized carbons (Fsp3) is 0.100. The minimum absolute atomic E-state index is 0.103. The molecule has 0 aromatic heterocycles. The minimum Gasteiger partial charge on any atom is -0.308 e. The molecule has 0 spiro atoms. The third-order valence-corrected chi connectivity index (χ3v) is 2.02. The zero-order chi connectivity index (χ0) is 12.3.